The summed E-state index contributed by atoms with van der Waals surface area (Å²) < 4.78 is 1.37. The van der Waals surface area contributed by atoms with Crippen LogP contribution < -0.4 is 5.32 Å². The van der Waals surface area contributed by atoms with E-state index >= 15 is 0 Å². The van der Waals surface area contributed by atoms with Gasteiger partial charge in [-0.25, -0.2) is 0 Å². The molecule has 16 heavy (non-hydrogen) atoms. The van der Waals surface area contributed by atoms with Gasteiger partial charge in [-0.2, -0.15) is 0 Å². The molecule has 0 unspecified atom stereocenters. The molecule has 0 bridgehead atoms. The Labute approximate surface area is 101 Å². The minimum Gasteiger partial charge on any atom is -0.384 e. The standard InChI is InChI=1S/C14H17NS/c1-2-3-4-5-10-15-13-8-6-7-12-9-11-16-14(12)13/h2,6-9,11,15H,1,3-5,10H2. The molecule has 0 saturated carbocycles. The Morgan fingerprint density at radius 2 is 2.19 bits per heavy atom. The number of hydrogen-bond donors (Lipinski definition) is 1. The van der Waals surface area contributed by atoms with Crippen LogP contribution in [0.15, 0.2) is 42.3 Å². The molecule has 0 amide bonds. The van der Waals surface area contributed by atoms with Crippen molar-refractivity contribution in [3.8, 4) is 0 Å². The lowest BCUT2D eigenvalue weighted by atomic mass is 10.2. The summed E-state index contributed by atoms with van der Waals surface area (Å²) in [6.45, 7) is 4.78. The SMILES string of the molecule is C=CCCCCNc1cccc2ccsc12. The quantitative estimate of drug-likeness (QED) is 0.562. The monoisotopic (exact) mass is 231 g/mol. The molecule has 1 aromatic heterocycles. The van der Waals surface area contributed by atoms with Gasteiger partial charge in [0.2, 0.25) is 0 Å². The predicted molar refractivity (Wildman–Crippen MR) is 74.4 cm³/mol. The number of unbranched alkanes of at least 4 members (excludes halogenated alkanes) is 2. The molecule has 1 aromatic carbocycles. The highest BCUT2D eigenvalue weighted by molar-refractivity contribution is 7.17. The summed E-state index contributed by atoms with van der Waals surface area (Å²) in [5.41, 5.74) is 1.27. The molecule has 1 heterocycles. The molecule has 1 nitrogen and oxygen atoms in total. The first-order valence-electron chi connectivity index (χ1n) is 5.73. The molecular formula is C14H17NS. The van der Waals surface area contributed by atoms with E-state index in [-0.39, 0.29) is 0 Å². The normalized spacial score (nSPS) is 10.5. The van der Waals surface area contributed by atoms with Crippen molar-refractivity contribution in [2.24, 2.45) is 0 Å². The zero-order valence-corrected chi connectivity index (χ0v) is 10.2. The Bertz CT molecular complexity index is 458. The lowest BCUT2D eigenvalue weighted by Crippen LogP contribution is -2.00. The molecule has 0 aliphatic heterocycles. The average molecular weight is 231 g/mol. The molecule has 2 rings (SSSR count). The average Bonchev–Trinajstić information content (AvgIpc) is 2.77. The highest BCUT2D eigenvalue weighted by Crippen LogP contribution is 2.28. The van der Waals surface area contributed by atoms with E-state index in [2.05, 4.69) is 41.5 Å². The van der Waals surface area contributed by atoms with Crippen LogP contribution in [-0.2, 0) is 0 Å². The summed E-state index contributed by atoms with van der Waals surface area (Å²) in [4.78, 5) is 0. The molecular weight excluding hydrogens is 214 g/mol. The lowest BCUT2D eigenvalue weighted by Gasteiger charge is -2.06. The third-order valence-corrected chi connectivity index (χ3v) is 3.59. The maximum absolute atomic E-state index is 3.73. The number of benzene rings is 1. The number of nitrogens with one attached hydrogen (secondary N) is 1. The van der Waals surface area contributed by atoms with Crippen molar-refractivity contribution in [3.63, 3.8) is 0 Å². The Balaban J connectivity index is 1.93. The van der Waals surface area contributed by atoms with Crippen molar-refractivity contribution in [1.82, 2.24) is 0 Å². The number of hydrogen-bond acceptors (Lipinski definition) is 2. The molecule has 0 aliphatic rings. The Hall–Kier alpha value is -1.28. The lowest BCUT2D eigenvalue weighted by molar-refractivity contribution is 0.780. The summed E-state index contributed by atoms with van der Waals surface area (Å²) in [6, 6.07) is 8.60. The van der Waals surface area contributed by atoms with Crippen LogP contribution in [0.25, 0.3) is 10.1 Å². The first kappa shape index (κ1) is 11.2. The van der Waals surface area contributed by atoms with Gasteiger partial charge in [-0.1, -0.05) is 18.2 Å². The molecule has 1 N–H and O–H groups in total. The van der Waals surface area contributed by atoms with Crippen LogP contribution in [0.4, 0.5) is 5.69 Å². The fraction of sp³-hybridized carbons (Fsp3) is 0.286. The Kier molecular flexibility index (Phi) is 4.00. The maximum atomic E-state index is 3.73. The van der Waals surface area contributed by atoms with E-state index in [1.807, 2.05) is 6.08 Å². The van der Waals surface area contributed by atoms with Gasteiger partial charge < -0.3 is 5.32 Å². The van der Waals surface area contributed by atoms with E-state index in [1.54, 1.807) is 11.3 Å². The fourth-order valence-corrected chi connectivity index (χ4v) is 2.66. The number of thiophene rings is 1. The van der Waals surface area contributed by atoms with Crippen molar-refractivity contribution < 1.29 is 0 Å². The summed E-state index contributed by atoms with van der Waals surface area (Å²) in [7, 11) is 0. The molecule has 0 aliphatic carbocycles. The van der Waals surface area contributed by atoms with Gasteiger partial charge in [0.05, 0.1) is 10.4 Å². The Morgan fingerprint density at radius 1 is 1.25 bits per heavy atom. The number of anilines is 1. The first-order chi connectivity index (χ1) is 7.92. The summed E-state index contributed by atoms with van der Waals surface area (Å²) in [6.07, 6.45) is 5.52. The second-order valence-corrected chi connectivity index (χ2v) is 4.77. The topological polar surface area (TPSA) is 12.0 Å². The van der Waals surface area contributed by atoms with Crippen molar-refractivity contribution >= 4 is 27.1 Å². The van der Waals surface area contributed by atoms with Gasteiger partial charge in [0.1, 0.15) is 0 Å². The third-order valence-electron chi connectivity index (χ3n) is 2.63. The minimum absolute atomic E-state index is 1.05. The van der Waals surface area contributed by atoms with Crippen molar-refractivity contribution in [2.75, 3.05) is 11.9 Å². The number of fused-ring (bicyclic) bond motifs is 1. The smallest absolute Gasteiger partial charge is 0.0574 e. The van der Waals surface area contributed by atoms with Gasteiger partial charge in [0.25, 0.3) is 0 Å². The largest absolute Gasteiger partial charge is 0.384 e. The van der Waals surface area contributed by atoms with Crippen molar-refractivity contribution in [2.45, 2.75) is 19.3 Å². The van der Waals surface area contributed by atoms with Crippen LogP contribution in [-0.4, -0.2) is 6.54 Å². The van der Waals surface area contributed by atoms with Crippen LogP contribution in [0.5, 0.6) is 0 Å². The molecule has 0 atom stereocenters. The summed E-state index contributed by atoms with van der Waals surface area (Å²) in [5.74, 6) is 0. The van der Waals surface area contributed by atoms with E-state index in [9.17, 15) is 0 Å². The van der Waals surface area contributed by atoms with Gasteiger partial charge in [0.15, 0.2) is 0 Å². The van der Waals surface area contributed by atoms with E-state index in [0.717, 1.165) is 13.0 Å². The molecule has 0 spiro atoms. The molecule has 2 heteroatoms. The van der Waals surface area contributed by atoms with E-state index in [1.165, 1.54) is 28.6 Å². The zero-order valence-electron chi connectivity index (χ0n) is 9.41. The van der Waals surface area contributed by atoms with Crippen molar-refractivity contribution in [3.05, 3.63) is 42.3 Å². The molecule has 0 saturated heterocycles. The van der Waals surface area contributed by atoms with Crippen LogP contribution >= 0.6 is 11.3 Å². The number of allylic oxidation sites excluding steroid dienone is 1. The molecule has 2 aromatic rings. The van der Waals surface area contributed by atoms with Gasteiger partial charge >= 0.3 is 0 Å². The minimum atomic E-state index is 1.05. The van der Waals surface area contributed by atoms with E-state index < -0.39 is 0 Å². The molecule has 84 valence electrons. The molecule has 0 fully saturated rings. The van der Waals surface area contributed by atoms with Crippen LogP contribution in [0.2, 0.25) is 0 Å². The van der Waals surface area contributed by atoms with Crippen molar-refractivity contribution in [1.29, 1.82) is 0 Å². The molecule has 0 radical (unpaired) electrons. The first-order valence-corrected chi connectivity index (χ1v) is 6.61. The van der Waals surface area contributed by atoms with Crippen LogP contribution in [0, 0.1) is 0 Å². The second-order valence-electron chi connectivity index (χ2n) is 3.86. The van der Waals surface area contributed by atoms with E-state index in [0.29, 0.717) is 0 Å². The summed E-state index contributed by atoms with van der Waals surface area (Å²) >= 11 is 1.80. The fourth-order valence-electron chi connectivity index (χ4n) is 1.77. The predicted octanol–water partition coefficient (Wildman–Crippen LogP) is 4.67. The van der Waals surface area contributed by atoms with Gasteiger partial charge in [0, 0.05) is 6.54 Å². The highest BCUT2D eigenvalue weighted by Gasteiger charge is 2.00. The van der Waals surface area contributed by atoms with Gasteiger partial charge in [-0.15, -0.1) is 17.9 Å². The van der Waals surface area contributed by atoms with Crippen LogP contribution in [0.3, 0.4) is 0 Å². The highest BCUT2D eigenvalue weighted by atomic mass is 32.1. The number of rotatable bonds is 6. The zero-order chi connectivity index (χ0) is 11.2. The maximum Gasteiger partial charge on any atom is 0.0574 e. The summed E-state index contributed by atoms with van der Waals surface area (Å²) in [5, 5.41) is 6.99. The van der Waals surface area contributed by atoms with Crippen LogP contribution in [0.1, 0.15) is 19.3 Å². The van der Waals surface area contributed by atoms with E-state index in [4.69, 9.17) is 0 Å². The third kappa shape index (κ3) is 2.64. The van der Waals surface area contributed by atoms with Gasteiger partial charge in [-0.3, -0.25) is 0 Å². The Morgan fingerprint density at radius 3 is 3.06 bits per heavy atom. The van der Waals surface area contributed by atoms with Gasteiger partial charge in [-0.05, 0) is 42.2 Å². The second kappa shape index (κ2) is 5.71.